The third kappa shape index (κ3) is 3.35. The zero-order chi connectivity index (χ0) is 18.9. The third-order valence-electron chi connectivity index (χ3n) is 5.20. The van der Waals surface area contributed by atoms with Gasteiger partial charge in [-0.05, 0) is 25.0 Å². The van der Waals surface area contributed by atoms with E-state index in [1.807, 2.05) is 24.4 Å². The van der Waals surface area contributed by atoms with Gasteiger partial charge in [0, 0.05) is 38.4 Å². The van der Waals surface area contributed by atoms with Crippen molar-refractivity contribution in [2.24, 2.45) is 0 Å². The molecule has 2 aliphatic rings. The molecule has 0 spiro atoms. The minimum absolute atomic E-state index is 0.0170. The Bertz CT molecular complexity index is 976. The number of aromatic nitrogens is 5. The zero-order valence-electron chi connectivity index (χ0n) is 15.5. The van der Waals surface area contributed by atoms with E-state index in [1.165, 1.54) is 0 Å². The minimum atomic E-state index is -0.0170. The molecule has 1 amide bonds. The van der Waals surface area contributed by atoms with E-state index in [4.69, 9.17) is 0 Å². The molecule has 1 aliphatic carbocycles. The van der Waals surface area contributed by atoms with Gasteiger partial charge in [-0.2, -0.15) is 5.10 Å². The molecule has 3 aromatic heterocycles. The highest BCUT2D eigenvalue weighted by atomic mass is 16.2. The van der Waals surface area contributed by atoms with Crippen LogP contribution in [0.4, 0.5) is 11.6 Å². The van der Waals surface area contributed by atoms with Gasteiger partial charge in [0.05, 0.1) is 11.6 Å². The van der Waals surface area contributed by atoms with Gasteiger partial charge in [-0.15, -0.1) is 0 Å². The van der Waals surface area contributed by atoms with Crippen LogP contribution in [-0.4, -0.2) is 62.9 Å². The van der Waals surface area contributed by atoms with Crippen molar-refractivity contribution in [1.82, 2.24) is 30.0 Å². The molecule has 0 atom stereocenters. The van der Waals surface area contributed by atoms with E-state index in [0.717, 1.165) is 56.0 Å². The number of hydrogen-bond donors (Lipinski definition) is 1. The van der Waals surface area contributed by atoms with Crippen LogP contribution in [0.1, 0.15) is 12.8 Å². The maximum absolute atomic E-state index is 12.1. The summed E-state index contributed by atoms with van der Waals surface area (Å²) in [5.41, 5.74) is 0.697. The molecule has 1 N–H and O–H groups in total. The average molecular weight is 378 g/mol. The summed E-state index contributed by atoms with van der Waals surface area (Å²) in [7, 11) is 0. The molecule has 1 aliphatic heterocycles. The molecular weight excluding hydrogens is 356 g/mol. The molecule has 9 nitrogen and oxygen atoms in total. The van der Waals surface area contributed by atoms with Crippen molar-refractivity contribution in [3.05, 3.63) is 36.9 Å². The fraction of sp³-hybridized carbons (Fsp3) is 0.421. The van der Waals surface area contributed by atoms with E-state index < -0.39 is 0 Å². The number of nitrogens with zero attached hydrogens (tertiary/aromatic N) is 7. The zero-order valence-corrected chi connectivity index (χ0v) is 15.5. The molecule has 0 aromatic carbocycles. The van der Waals surface area contributed by atoms with Crippen LogP contribution >= 0.6 is 0 Å². The summed E-state index contributed by atoms with van der Waals surface area (Å²) in [4.78, 5) is 30.0. The maximum Gasteiger partial charge on any atom is 0.242 e. The lowest BCUT2D eigenvalue weighted by molar-refractivity contribution is -0.121. The number of piperazine rings is 1. The minimum Gasteiger partial charge on any atom is -0.353 e. The Morgan fingerprint density at radius 1 is 1.07 bits per heavy atom. The lowest BCUT2D eigenvalue weighted by Crippen LogP contribution is -2.47. The fourth-order valence-electron chi connectivity index (χ4n) is 3.57. The highest BCUT2D eigenvalue weighted by Crippen LogP contribution is 2.25. The summed E-state index contributed by atoms with van der Waals surface area (Å²) < 4.78 is 1.66. The summed E-state index contributed by atoms with van der Waals surface area (Å²) in [6, 6.07) is 6.32. The third-order valence-corrected chi connectivity index (χ3v) is 5.20. The number of pyridine rings is 1. The van der Waals surface area contributed by atoms with Gasteiger partial charge in [-0.25, -0.2) is 19.6 Å². The van der Waals surface area contributed by atoms with Crippen LogP contribution in [0, 0.1) is 0 Å². The molecule has 0 radical (unpaired) electrons. The van der Waals surface area contributed by atoms with Crippen molar-refractivity contribution in [3.63, 3.8) is 0 Å². The first-order chi connectivity index (χ1) is 13.8. The van der Waals surface area contributed by atoms with Gasteiger partial charge in [0.25, 0.3) is 0 Å². The Hall–Kier alpha value is -3.23. The van der Waals surface area contributed by atoms with Crippen LogP contribution in [0.25, 0.3) is 11.0 Å². The summed E-state index contributed by atoms with van der Waals surface area (Å²) in [6.45, 7) is 3.62. The topological polar surface area (TPSA) is 92.1 Å². The summed E-state index contributed by atoms with van der Waals surface area (Å²) in [6.07, 6.45) is 7.29. The Kier molecular flexibility index (Phi) is 4.27. The lowest BCUT2D eigenvalue weighted by atomic mass is 10.2. The molecule has 3 aromatic rings. The highest BCUT2D eigenvalue weighted by Gasteiger charge is 2.25. The van der Waals surface area contributed by atoms with E-state index in [-0.39, 0.29) is 12.5 Å². The average Bonchev–Trinajstić information content (AvgIpc) is 3.46. The predicted octanol–water partition coefficient (Wildman–Crippen LogP) is 0.826. The van der Waals surface area contributed by atoms with Crippen LogP contribution < -0.4 is 15.1 Å². The number of rotatable bonds is 5. The molecule has 2 fully saturated rings. The normalized spacial score (nSPS) is 17.1. The van der Waals surface area contributed by atoms with Crippen molar-refractivity contribution in [2.45, 2.75) is 25.4 Å². The largest absolute Gasteiger partial charge is 0.353 e. The summed E-state index contributed by atoms with van der Waals surface area (Å²) >= 11 is 0. The standard InChI is InChI=1S/C19H22N8O/c28-17(24-14-4-5-14)12-27-19-15(11-23-27)18(21-13-22-19)26-9-7-25(8-10-26)16-3-1-2-6-20-16/h1-3,6,11,13-14H,4-5,7-10,12H2,(H,24,28). The van der Waals surface area contributed by atoms with Crippen molar-refractivity contribution in [2.75, 3.05) is 36.0 Å². The molecule has 4 heterocycles. The molecule has 0 bridgehead atoms. The molecule has 1 saturated carbocycles. The lowest BCUT2D eigenvalue weighted by Gasteiger charge is -2.36. The Morgan fingerprint density at radius 3 is 2.64 bits per heavy atom. The quantitative estimate of drug-likeness (QED) is 0.703. The number of nitrogens with one attached hydrogen (secondary N) is 1. The van der Waals surface area contributed by atoms with Crippen LogP contribution in [0.15, 0.2) is 36.9 Å². The van der Waals surface area contributed by atoms with Gasteiger partial charge >= 0.3 is 0 Å². The van der Waals surface area contributed by atoms with Gasteiger partial charge in [0.1, 0.15) is 24.5 Å². The molecule has 144 valence electrons. The van der Waals surface area contributed by atoms with Crippen LogP contribution in [0.2, 0.25) is 0 Å². The van der Waals surface area contributed by atoms with Crippen molar-refractivity contribution in [1.29, 1.82) is 0 Å². The summed E-state index contributed by atoms with van der Waals surface area (Å²) in [5.74, 6) is 1.86. The Balaban J connectivity index is 1.32. The number of hydrogen-bond acceptors (Lipinski definition) is 7. The van der Waals surface area contributed by atoms with Crippen LogP contribution in [-0.2, 0) is 11.3 Å². The van der Waals surface area contributed by atoms with Crippen molar-refractivity contribution < 1.29 is 4.79 Å². The SMILES string of the molecule is O=C(Cn1ncc2c(N3CCN(c4ccccn4)CC3)ncnc21)NC1CC1. The van der Waals surface area contributed by atoms with E-state index in [0.29, 0.717) is 11.7 Å². The fourth-order valence-corrected chi connectivity index (χ4v) is 3.57. The molecule has 1 saturated heterocycles. The smallest absolute Gasteiger partial charge is 0.242 e. The van der Waals surface area contributed by atoms with Crippen molar-refractivity contribution in [3.8, 4) is 0 Å². The van der Waals surface area contributed by atoms with E-state index in [9.17, 15) is 4.79 Å². The Morgan fingerprint density at radius 2 is 1.89 bits per heavy atom. The van der Waals surface area contributed by atoms with E-state index in [2.05, 4.69) is 35.2 Å². The Labute approximate surface area is 162 Å². The number of fused-ring (bicyclic) bond motifs is 1. The van der Waals surface area contributed by atoms with Gasteiger partial charge < -0.3 is 15.1 Å². The number of carbonyl (C=O) groups excluding carboxylic acids is 1. The van der Waals surface area contributed by atoms with Crippen LogP contribution in [0.3, 0.4) is 0 Å². The second-order valence-electron chi connectivity index (χ2n) is 7.24. The van der Waals surface area contributed by atoms with Crippen molar-refractivity contribution >= 4 is 28.6 Å². The monoisotopic (exact) mass is 378 g/mol. The molecule has 5 rings (SSSR count). The van der Waals surface area contributed by atoms with Gasteiger partial charge in [-0.1, -0.05) is 6.07 Å². The first-order valence-electron chi connectivity index (χ1n) is 9.65. The number of carbonyl (C=O) groups is 1. The van der Waals surface area contributed by atoms with Gasteiger partial charge in [-0.3, -0.25) is 4.79 Å². The molecular formula is C19H22N8O. The van der Waals surface area contributed by atoms with Crippen LogP contribution in [0.5, 0.6) is 0 Å². The maximum atomic E-state index is 12.1. The second-order valence-corrected chi connectivity index (χ2v) is 7.24. The first-order valence-corrected chi connectivity index (χ1v) is 9.65. The van der Waals surface area contributed by atoms with E-state index in [1.54, 1.807) is 17.2 Å². The van der Waals surface area contributed by atoms with Gasteiger partial charge in [0.15, 0.2) is 5.65 Å². The predicted molar refractivity (Wildman–Crippen MR) is 105 cm³/mol. The van der Waals surface area contributed by atoms with Gasteiger partial charge in [0.2, 0.25) is 5.91 Å². The summed E-state index contributed by atoms with van der Waals surface area (Å²) in [5, 5.41) is 8.26. The molecule has 28 heavy (non-hydrogen) atoms. The second kappa shape index (κ2) is 7.06. The number of anilines is 2. The molecule has 0 unspecified atom stereocenters. The molecule has 9 heteroatoms. The highest BCUT2D eigenvalue weighted by molar-refractivity contribution is 5.88. The number of amides is 1. The van der Waals surface area contributed by atoms with E-state index >= 15 is 0 Å². The first kappa shape index (κ1) is 16.9.